The van der Waals surface area contributed by atoms with E-state index in [2.05, 4.69) is 4.72 Å². The summed E-state index contributed by atoms with van der Waals surface area (Å²) in [5, 5.41) is 0. The van der Waals surface area contributed by atoms with E-state index >= 15 is 0 Å². The van der Waals surface area contributed by atoms with Gasteiger partial charge in [0.25, 0.3) is 10.2 Å². The van der Waals surface area contributed by atoms with Crippen molar-refractivity contribution in [3.8, 4) is 0 Å². The summed E-state index contributed by atoms with van der Waals surface area (Å²) in [4.78, 5) is 0. The quantitative estimate of drug-likeness (QED) is 0.757. The molecule has 0 radical (unpaired) electrons. The van der Waals surface area contributed by atoms with Gasteiger partial charge in [-0.2, -0.15) is 17.4 Å². The van der Waals surface area contributed by atoms with Crippen LogP contribution in [0.5, 0.6) is 0 Å². The van der Waals surface area contributed by atoms with E-state index in [4.69, 9.17) is 11.6 Å². The lowest BCUT2D eigenvalue weighted by molar-refractivity contribution is 0.305. The molecule has 2 atom stereocenters. The van der Waals surface area contributed by atoms with Gasteiger partial charge in [0.2, 0.25) is 0 Å². The Morgan fingerprint density at radius 1 is 1.24 bits per heavy atom. The standard InChI is InChI=1S/C11H23ClN2O2S/c1-3-14(4-2)17(15,16)13-11-8-6-5-7-10(11)9-12/h10-11,13H,3-9H2,1-2H3. The van der Waals surface area contributed by atoms with Gasteiger partial charge in [-0.1, -0.05) is 26.7 Å². The largest absolute Gasteiger partial charge is 0.279 e. The molecule has 4 nitrogen and oxygen atoms in total. The summed E-state index contributed by atoms with van der Waals surface area (Å²) in [5.41, 5.74) is 0. The van der Waals surface area contributed by atoms with Crippen molar-refractivity contribution in [1.29, 1.82) is 0 Å². The number of nitrogens with one attached hydrogen (secondary N) is 1. The zero-order chi connectivity index (χ0) is 12.9. The Balaban J connectivity index is 2.68. The van der Waals surface area contributed by atoms with Gasteiger partial charge in [-0.05, 0) is 18.8 Å². The average molecular weight is 283 g/mol. The van der Waals surface area contributed by atoms with Crippen LogP contribution in [0.25, 0.3) is 0 Å². The summed E-state index contributed by atoms with van der Waals surface area (Å²) in [6, 6.07) is 0.00634. The normalized spacial score (nSPS) is 26.4. The molecule has 1 fully saturated rings. The highest BCUT2D eigenvalue weighted by molar-refractivity contribution is 7.87. The van der Waals surface area contributed by atoms with Gasteiger partial charge in [0.15, 0.2) is 0 Å². The second kappa shape index (κ2) is 6.92. The van der Waals surface area contributed by atoms with Crippen LogP contribution < -0.4 is 4.72 Å². The molecule has 0 aliphatic heterocycles. The van der Waals surface area contributed by atoms with Crippen LogP contribution in [0.4, 0.5) is 0 Å². The molecule has 1 N–H and O–H groups in total. The van der Waals surface area contributed by atoms with Crippen molar-refractivity contribution >= 4 is 21.8 Å². The Morgan fingerprint density at radius 3 is 2.35 bits per heavy atom. The summed E-state index contributed by atoms with van der Waals surface area (Å²) in [5.74, 6) is 0.807. The maximum Gasteiger partial charge on any atom is 0.279 e. The van der Waals surface area contributed by atoms with Crippen molar-refractivity contribution in [3.05, 3.63) is 0 Å². The third kappa shape index (κ3) is 4.09. The van der Waals surface area contributed by atoms with E-state index in [0.29, 0.717) is 19.0 Å². The van der Waals surface area contributed by atoms with Crippen LogP contribution in [0.3, 0.4) is 0 Å². The molecule has 1 saturated carbocycles. The first-order valence-electron chi connectivity index (χ1n) is 6.38. The summed E-state index contributed by atoms with van der Waals surface area (Å²) in [7, 11) is -3.34. The second-order valence-electron chi connectivity index (χ2n) is 4.51. The number of hydrogen-bond donors (Lipinski definition) is 1. The number of alkyl halides is 1. The highest BCUT2D eigenvalue weighted by Crippen LogP contribution is 2.26. The molecule has 0 spiro atoms. The molecule has 0 aromatic rings. The van der Waals surface area contributed by atoms with Crippen LogP contribution in [-0.4, -0.2) is 37.7 Å². The van der Waals surface area contributed by atoms with Gasteiger partial charge in [0, 0.05) is 25.0 Å². The zero-order valence-corrected chi connectivity index (χ0v) is 12.2. The van der Waals surface area contributed by atoms with Crippen molar-refractivity contribution in [2.75, 3.05) is 19.0 Å². The predicted molar refractivity (Wildman–Crippen MR) is 71.4 cm³/mol. The van der Waals surface area contributed by atoms with Gasteiger partial charge in [0.05, 0.1) is 0 Å². The van der Waals surface area contributed by atoms with E-state index < -0.39 is 10.2 Å². The van der Waals surface area contributed by atoms with Crippen LogP contribution in [0.15, 0.2) is 0 Å². The predicted octanol–water partition coefficient (Wildman–Crippen LogP) is 1.96. The monoisotopic (exact) mass is 282 g/mol. The van der Waals surface area contributed by atoms with Crippen LogP contribution in [0.2, 0.25) is 0 Å². The Morgan fingerprint density at radius 2 is 1.82 bits per heavy atom. The number of halogens is 1. The molecular weight excluding hydrogens is 260 g/mol. The van der Waals surface area contributed by atoms with Crippen molar-refractivity contribution in [3.63, 3.8) is 0 Å². The fraction of sp³-hybridized carbons (Fsp3) is 1.00. The van der Waals surface area contributed by atoms with Gasteiger partial charge in [-0.15, -0.1) is 11.6 Å². The smallest absolute Gasteiger partial charge is 0.199 e. The Kier molecular flexibility index (Phi) is 6.20. The van der Waals surface area contributed by atoms with Crippen molar-refractivity contribution in [1.82, 2.24) is 9.03 Å². The SMILES string of the molecule is CCN(CC)S(=O)(=O)NC1CCCCC1CCl. The minimum absolute atomic E-state index is 0.00634. The molecular formula is C11H23ClN2O2S. The Labute approximate surface area is 110 Å². The van der Waals surface area contributed by atoms with Crippen molar-refractivity contribution in [2.45, 2.75) is 45.6 Å². The molecule has 6 heteroatoms. The molecule has 2 unspecified atom stereocenters. The fourth-order valence-electron chi connectivity index (χ4n) is 2.38. The highest BCUT2D eigenvalue weighted by Gasteiger charge is 2.30. The minimum atomic E-state index is -3.34. The second-order valence-corrected chi connectivity index (χ2v) is 6.52. The molecule has 1 rings (SSSR count). The van der Waals surface area contributed by atoms with Crippen LogP contribution in [0.1, 0.15) is 39.5 Å². The Hall–Kier alpha value is 0.160. The lowest BCUT2D eigenvalue weighted by Gasteiger charge is -2.32. The minimum Gasteiger partial charge on any atom is -0.199 e. The number of rotatable bonds is 6. The zero-order valence-electron chi connectivity index (χ0n) is 10.7. The molecule has 0 heterocycles. The summed E-state index contributed by atoms with van der Waals surface area (Å²) >= 11 is 5.90. The molecule has 0 bridgehead atoms. The molecule has 17 heavy (non-hydrogen) atoms. The third-order valence-electron chi connectivity index (χ3n) is 3.45. The molecule has 102 valence electrons. The van der Waals surface area contributed by atoms with Gasteiger partial charge >= 0.3 is 0 Å². The van der Waals surface area contributed by atoms with E-state index in [1.54, 1.807) is 0 Å². The average Bonchev–Trinajstić information content (AvgIpc) is 2.30. The molecule has 0 aromatic carbocycles. The number of hydrogen-bond acceptors (Lipinski definition) is 2. The molecule has 0 saturated heterocycles. The van der Waals surface area contributed by atoms with Crippen LogP contribution in [-0.2, 0) is 10.2 Å². The first-order valence-corrected chi connectivity index (χ1v) is 8.36. The topological polar surface area (TPSA) is 49.4 Å². The molecule has 0 aromatic heterocycles. The maximum absolute atomic E-state index is 12.1. The van der Waals surface area contributed by atoms with E-state index in [9.17, 15) is 8.42 Å². The third-order valence-corrected chi connectivity index (χ3v) is 5.65. The van der Waals surface area contributed by atoms with E-state index in [0.717, 1.165) is 25.7 Å². The van der Waals surface area contributed by atoms with Gasteiger partial charge < -0.3 is 0 Å². The first kappa shape index (κ1) is 15.2. The van der Waals surface area contributed by atoms with Crippen molar-refractivity contribution in [2.24, 2.45) is 5.92 Å². The van der Waals surface area contributed by atoms with Gasteiger partial charge in [-0.25, -0.2) is 0 Å². The van der Waals surface area contributed by atoms with Crippen LogP contribution in [0, 0.1) is 5.92 Å². The summed E-state index contributed by atoms with van der Waals surface area (Å²) in [6.45, 7) is 4.71. The van der Waals surface area contributed by atoms with E-state index in [-0.39, 0.29) is 12.0 Å². The van der Waals surface area contributed by atoms with Crippen molar-refractivity contribution < 1.29 is 8.42 Å². The maximum atomic E-state index is 12.1. The summed E-state index contributed by atoms with van der Waals surface area (Å²) in [6.07, 6.45) is 4.16. The molecule has 0 amide bonds. The van der Waals surface area contributed by atoms with E-state index in [1.165, 1.54) is 4.31 Å². The first-order chi connectivity index (χ1) is 8.05. The Bertz CT molecular complexity index is 317. The molecule has 1 aliphatic carbocycles. The lowest BCUT2D eigenvalue weighted by Crippen LogP contribution is -2.49. The number of nitrogens with zero attached hydrogens (tertiary/aromatic N) is 1. The summed E-state index contributed by atoms with van der Waals surface area (Å²) < 4.78 is 28.5. The van der Waals surface area contributed by atoms with Gasteiger partial charge in [-0.3, -0.25) is 0 Å². The van der Waals surface area contributed by atoms with Crippen LogP contribution >= 0.6 is 11.6 Å². The van der Waals surface area contributed by atoms with Gasteiger partial charge in [0.1, 0.15) is 0 Å². The fourth-order valence-corrected chi connectivity index (χ4v) is 4.27. The van der Waals surface area contributed by atoms with E-state index in [1.807, 2.05) is 13.8 Å². The lowest BCUT2D eigenvalue weighted by atomic mass is 9.86. The highest BCUT2D eigenvalue weighted by atomic mass is 35.5. The molecule has 1 aliphatic rings.